The highest BCUT2D eigenvalue weighted by molar-refractivity contribution is 6.74. The molecule has 3 rings (SSSR count). The van der Waals surface area contributed by atoms with Crippen LogP contribution < -0.4 is 5.73 Å². The largest absolute Gasteiger partial charge is 0.465 e. The topological polar surface area (TPSA) is 88.1 Å². The summed E-state index contributed by atoms with van der Waals surface area (Å²) in [5.41, 5.74) is 6.63. The fraction of sp³-hybridized carbons (Fsp3) is 0.588. The number of allylic oxidation sites excluding steroid dienone is 1. The predicted octanol–water partition coefficient (Wildman–Crippen LogP) is 3.87. The summed E-state index contributed by atoms with van der Waals surface area (Å²) >= 11 is 0. The fourth-order valence-electron chi connectivity index (χ4n) is 2.60. The van der Waals surface area contributed by atoms with Gasteiger partial charge in [-0.05, 0) is 24.2 Å². The lowest BCUT2D eigenvalue weighted by Gasteiger charge is -2.39. The van der Waals surface area contributed by atoms with Crippen LogP contribution in [-0.4, -0.2) is 39.9 Å². The molecular weight excluding hydrogens is 372 g/mol. The zero-order valence-corrected chi connectivity index (χ0v) is 17.3. The van der Waals surface area contributed by atoms with Gasteiger partial charge in [0.25, 0.3) is 0 Å². The van der Waals surface area contributed by atoms with Crippen molar-refractivity contribution in [1.82, 2.24) is 19.5 Å². The molecule has 0 aliphatic carbocycles. The van der Waals surface area contributed by atoms with Gasteiger partial charge in [0, 0.05) is 6.92 Å². The lowest BCUT2D eigenvalue weighted by Crippen LogP contribution is -2.45. The molecule has 1 aliphatic rings. The summed E-state index contributed by atoms with van der Waals surface area (Å²) in [6, 6.07) is 0. The molecule has 7 nitrogen and oxygen atoms in total. The van der Waals surface area contributed by atoms with Crippen LogP contribution in [0.1, 0.15) is 33.9 Å². The van der Waals surface area contributed by atoms with Crippen LogP contribution in [0.5, 0.6) is 0 Å². The number of anilines is 1. The van der Waals surface area contributed by atoms with E-state index in [0.717, 1.165) is 6.92 Å². The summed E-state index contributed by atoms with van der Waals surface area (Å²) in [6.45, 7) is 11.2. The summed E-state index contributed by atoms with van der Waals surface area (Å²) in [5, 5.41) is -0.0908. The molecule has 2 atom stereocenters. The van der Waals surface area contributed by atoms with E-state index < -0.39 is 32.3 Å². The summed E-state index contributed by atoms with van der Waals surface area (Å²) in [4.78, 5) is 12.3. The van der Waals surface area contributed by atoms with Gasteiger partial charge in [-0.25, -0.2) is 15.0 Å². The number of nitrogen functional groups attached to an aromatic ring is 1. The Labute approximate surface area is 157 Å². The van der Waals surface area contributed by atoms with Crippen molar-refractivity contribution in [2.24, 2.45) is 0 Å². The van der Waals surface area contributed by atoms with E-state index in [1.807, 2.05) is 0 Å². The number of imidazole rings is 1. The summed E-state index contributed by atoms with van der Waals surface area (Å²) in [7, 11) is -2.25. The average Bonchev–Trinajstić information content (AvgIpc) is 3.09. The number of aromatic nitrogens is 4. The zero-order valence-electron chi connectivity index (χ0n) is 16.3. The van der Waals surface area contributed by atoms with E-state index in [1.165, 1.54) is 18.7 Å². The minimum absolute atomic E-state index is 0.0908. The summed E-state index contributed by atoms with van der Waals surface area (Å²) in [6.07, 6.45) is 2.59. The molecule has 0 bridgehead atoms. The molecule has 3 heterocycles. The third kappa shape index (κ3) is 3.55. The molecule has 0 amide bonds. The van der Waals surface area contributed by atoms with Gasteiger partial charge in [0.2, 0.25) is 6.23 Å². The van der Waals surface area contributed by atoms with E-state index >= 15 is 0 Å². The minimum atomic E-state index is -3.12. The van der Waals surface area contributed by atoms with Crippen molar-refractivity contribution in [3.63, 3.8) is 0 Å². The van der Waals surface area contributed by atoms with Crippen LogP contribution in [0.2, 0.25) is 18.1 Å². The molecule has 0 unspecified atom stereocenters. The van der Waals surface area contributed by atoms with Gasteiger partial charge >= 0.3 is 5.92 Å². The Balaban J connectivity index is 2.03. The maximum Gasteiger partial charge on any atom is 0.301 e. The van der Waals surface area contributed by atoms with E-state index in [-0.39, 0.29) is 10.9 Å². The number of fused-ring (bicyclic) bond motifs is 1. The lowest BCUT2D eigenvalue weighted by atomic mass is 10.2. The monoisotopic (exact) mass is 397 g/mol. The maximum atomic E-state index is 14.0. The SMILES string of the molecule is CC(F)(F)C1=C[C@@H](O[Si](C)(C)C(C)(C)C)[C@H](n2cnc3c(N)ncnc32)O1. The standard InChI is InChI=1S/C17H25F2N5O2Si/c1-16(2,3)27(5,6)26-10-7-11(17(4,18)19)25-15(10)24-9-23-12-13(20)21-8-22-14(12)24/h7-10,15H,1-6H3,(H2,20,21,22)/t10-,15-/m1/s1. The van der Waals surface area contributed by atoms with Crippen molar-refractivity contribution in [3.8, 4) is 0 Å². The number of alkyl halides is 2. The Kier molecular flexibility index (Phi) is 4.54. The number of rotatable bonds is 4. The molecule has 27 heavy (non-hydrogen) atoms. The maximum absolute atomic E-state index is 14.0. The quantitative estimate of drug-likeness (QED) is 0.788. The van der Waals surface area contributed by atoms with Gasteiger partial charge in [0.05, 0.1) is 0 Å². The number of hydrogen-bond acceptors (Lipinski definition) is 6. The van der Waals surface area contributed by atoms with Gasteiger partial charge in [-0.1, -0.05) is 20.8 Å². The fourth-order valence-corrected chi connectivity index (χ4v) is 3.82. The first-order chi connectivity index (χ1) is 12.3. The van der Waals surface area contributed by atoms with Crippen LogP contribution in [-0.2, 0) is 9.16 Å². The normalized spacial score (nSPS) is 21.4. The van der Waals surface area contributed by atoms with Crippen LogP contribution in [0.25, 0.3) is 11.2 Å². The van der Waals surface area contributed by atoms with E-state index in [1.54, 1.807) is 4.57 Å². The van der Waals surface area contributed by atoms with Crippen LogP contribution in [0.15, 0.2) is 24.5 Å². The molecule has 2 aromatic heterocycles. The second-order valence-corrected chi connectivity index (χ2v) is 13.1. The van der Waals surface area contributed by atoms with Crippen molar-refractivity contribution >= 4 is 25.3 Å². The predicted molar refractivity (Wildman–Crippen MR) is 101 cm³/mol. The molecule has 0 saturated carbocycles. The van der Waals surface area contributed by atoms with Crippen LogP contribution in [0, 0.1) is 0 Å². The second kappa shape index (κ2) is 6.23. The van der Waals surface area contributed by atoms with Gasteiger partial charge in [-0.15, -0.1) is 0 Å². The molecule has 0 aromatic carbocycles. The van der Waals surface area contributed by atoms with Gasteiger partial charge in [-0.3, -0.25) is 4.57 Å². The Hall–Kier alpha value is -2.07. The first-order valence-corrected chi connectivity index (χ1v) is 11.6. The molecule has 2 aromatic rings. The highest BCUT2D eigenvalue weighted by atomic mass is 28.4. The van der Waals surface area contributed by atoms with Crippen molar-refractivity contribution in [3.05, 3.63) is 24.5 Å². The third-order valence-electron chi connectivity index (χ3n) is 5.18. The van der Waals surface area contributed by atoms with Crippen LogP contribution in [0.3, 0.4) is 0 Å². The number of nitrogens with two attached hydrogens (primary N) is 1. The van der Waals surface area contributed by atoms with Crippen LogP contribution >= 0.6 is 0 Å². The van der Waals surface area contributed by atoms with Gasteiger partial charge < -0.3 is 14.9 Å². The first kappa shape index (κ1) is 19.7. The highest BCUT2D eigenvalue weighted by Gasteiger charge is 2.46. The lowest BCUT2D eigenvalue weighted by molar-refractivity contribution is -0.0542. The first-order valence-electron chi connectivity index (χ1n) is 8.69. The van der Waals surface area contributed by atoms with Gasteiger partial charge in [0.1, 0.15) is 24.3 Å². The number of nitrogens with zero attached hydrogens (tertiary/aromatic N) is 4. The Morgan fingerprint density at radius 1 is 1.19 bits per heavy atom. The Morgan fingerprint density at radius 3 is 2.44 bits per heavy atom. The van der Waals surface area contributed by atoms with E-state index in [9.17, 15) is 8.78 Å². The van der Waals surface area contributed by atoms with Crippen molar-refractivity contribution in [2.45, 2.75) is 64.1 Å². The van der Waals surface area contributed by atoms with Crippen molar-refractivity contribution < 1.29 is 17.9 Å². The van der Waals surface area contributed by atoms with Crippen molar-refractivity contribution in [2.75, 3.05) is 5.73 Å². The van der Waals surface area contributed by atoms with Gasteiger partial charge in [0.15, 0.2) is 25.5 Å². The smallest absolute Gasteiger partial charge is 0.301 e. The average molecular weight is 398 g/mol. The molecule has 1 aliphatic heterocycles. The van der Waals surface area contributed by atoms with Gasteiger partial charge in [-0.2, -0.15) is 8.78 Å². The summed E-state index contributed by atoms with van der Waals surface area (Å²) in [5.74, 6) is -3.32. The molecule has 0 saturated heterocycles. The number of hydrogen-bond donors (Lipinski definition) is 1. The van der Waals surface area contributed by atoms with Crippen molar-refractivity contribution in [1.29, 1.82) is 0 Å². The molecule has 0 spiro atoms. The number of halogens is 2. The zero-order chi connectivity index (χ0) is 20.2. The minimum Gasteiger partial charge on any atom is -0.465 e. The molecule has 0 radical (unpaired) electrons. The number of ether oxygens (including phenoxy) is 1. The van der Waals surface area contributed by atoms with Crippen LogP contribution in [0.4, 0.5) is 14.6 Å². The molecular formula is C17H25F2N5O2Si. The second-order valence-electron chi connectivity index (χ2n) is 8.35. The van der Waals surface area contributed by atoms with E-state index in [2.05, 4.69) is 48.8 Å². The molecule has 0 fully saturated rings. The Morgan fingerprint density at radius 2 is 1.85 bits per heavy atom. The summed E-state index contributed by atoms with van der Waals surface area (Å²) < 4.78 is 41.5. The van der Waals surface area contributed by atoms with E-state index in [4.69, 9.17) is 14.9 Å². The van der Waals surface area contributed by atoms with E-state index in [0.29, 0.717) is 11.2 Å². The highest BCUT2D eigenvalue weighted by Crippen LogP contribution is 2.43. The molecule has 148 valence electrons. The molecule has 2 N–H and O–H groups in total. The Bertz CT molecular complexity index is 886. The third-order valence-corrected chi connectivity index (χ3v) is 9.65. The molecule has 10 heteroatoms.